The Morgan fingerprint density at radius 3 is 3.08 bits per heavy atom. The maximum atomic E-state index is 12.7. The van der Waals surface area contributed by atoms with Gasteiger partial charge in [-0.1, -0.05) is 5.16 Å². The third-order valence-electron chi connectivity index (χ3n) is 5.28. The molecule has 0 aliphatic carbocycles. The Kier molecular flexibility index (Phi) is 4.44. The van der Waals surface area contributed by atoms with Crippen LogP contribution in [0.2, 0.25) is 0 Å². The third kappa shape index (κ3) is 3.21. The van der Waals surface area contributed by atoms with Crippen LogP contribution in [0.1, 0.15) is 47.9 Å². The van der Waals surface area contributed by atoms with Gasteiger partial charge in [-0.3, -0.25) is 9.89 Å². The van der Waals surface area contributed by atoms with Gasteiger partial charge in [0.25, 0.3) is 0 Å². The van der Waals surface area contributed by atoms with E-state index in [1.54, 1.807) is 6.20 Å². The lowest BCUT2D eigenvalue weighted by molar-refractivity contribution is -0.132. The third-order valence-corrected chi connectivity index (χ3v) is 5.28. The lowest BCUT2D eigenvalue weighted by Gasteiger charge is -2.32. The molecule has 1 aliphatic heterocycles. The minimum atomic E-state index is 0.192. The first-order valence-electron chi connectivity index (χ1n) is 9.11. The van der Waals surface area contributed by atoms with Gasteiger partial charge in [0.15, 0.2) is 5.65 Å². The van der Waals surface area contributed by atoms with E-state index in [1.807, 2.05) is 24.8 Å². The van der Waals surface area contributed by atoms with Crippen molar-refractivity contribution < 1.29 is 9.32 Å². The van der Waals surface area contributed by atoms with Gasteiger partial charge in [0.1, 0.15) is 5.76 Å². The standard InChI is InChI=1S/C19H23N5O2/c1-12-16(13(2)26-23-12)6-8-18(25)24-9-3-4-15(11-24)17-7-5-14-10-20-22-19(14)21-17/h5,7,10,15H,3-4,6,8-9,11H2,1-2H3,(H,20,21,22)/t15-/m0/s1. The summed E-state index contributed by atoms with van der Waals surface area (Å²) in [5.41, 5.74) is 3.77. The van der Waals surface area contributed by atoms with Gasteiger partial charge in [0, 0.05) is 42.1 Å². The molecule has 1 aliphatic rings. The summed E-state index contributed by atoms with van der Waals surface area (Å²) >= 11 is 0. The maximum absolute atomic E-state index is 12.7. The number of fused-ring (bicyclic) bond motifs is 1. The van der Waals surface area contributed by atoms with Crippen LogP contribution in [0.5, 0.6) is 0 Å². The molecule has 0 unspecified atom stereocenters. The first-order valence-corrected chi connectivity index (χ1v) is 9.11. The van der Waals surface area contributed by atoms with Crippen molar-refractivity contribution in [2.45, 2.75) is 45.4 Å². The number of pyridine rings is 1. The SMILES string of the molecule is Cc1noc(C)c1CCC(=O)N1CCC[C@H](c2ccc3cn[nH]c3n2)C1. The predicted octanol–water partition coefficient (Wildman–Crippen LogP) is 2.90. The topological polar surface area (TPSA) is 87.9 Å². The van der Waals surface area contributed by atoms with Crippen molar-refractivity contribution in [2.75, 3.05) is 13.1 Å². The molecule has 4 heterocycles. The van der Waals surface area contributed by atoms with E-state index >= 15 is 0 Å². The molecule has 1 fully saturated rings. The Hall–Kier alpha value is -2.70. The first kappa shape index (κ1) is 16.8. The van der Waals surface area contributed by atoms with Crippen molar-refractivity contribution in [1.29, 1.82) is 0 Å². The van der Waals surface area contributed by atoms with E-state index in [9.17, 15) is 4.79 Å². The van der Waals surface area contributed by atoms with Crippen molar-refractivity contribution in [3.8, 4) is 0 Å². The number of hydrogen-bond acceptors (Lipinski definition) is 5. The number of aryl methyl sites for hydroxylation is 2. The number of amides is 1. The van der Waals surface area contributed by atoms with Gasteiger partial charge in [-0.2, -0.15) is 5.10 Å². The molecule has 136 valence electrons. The van der Waals surface area contributed by atoms with Crippen LogP contribution in [0.3, 0.4) is 0 Å². The van der Waals surface area contributed by atoms with E-state index in [2.05, 4.69) is 26.4 Å². The van der Waals surface area contributed by atoms with Crippen LogP contribution in [-0.4, -0.2) is 44.2 Å². The van der Waals surface area contributed by atoms with Crippen LogP contribution in [0.4, 0.5) is 0 Å². The van der Waals surface area contributed by atoms with Gasteiger partial charge in [-0.05, 0) is 45.2 Å². The number of hydrogen-bond donors (Lipinski definition) is 1. The molecular formula is C19H23N5O2. The number of nitrogens with zero attached hydrogens (tertiary/aromatic N) is 4. The molecule has 0 spiro atoms. The summed E-state index contributed by atoms with van der Waals surface area (Å²) in [6.45, 7) is 5.37. The molecule has 0 saturated carbocycles. The molecule has 26 heavy (non-hydrogen) atoms. The minimum absolute atomic E-state index is 0.192. The van der Waals surface area contributed by atoms with Crippen LogP contribution in [0.15, 0.2) is 22.9 Å². The van der Waals surface area contributed by atoms with Gasteiger partial charge in [-0.25, -0.2) is 4.98 Å². The van der Waals surface area contributed by atoms with Crippen molar-refractivity contribution in [3.63, 3.8) is 0 Å². The fraction of sp³-hybridized carbons (Fsp3) is 0.474. The normalized spacial score (nSPS) is 17.8. The summed E-state index contributed by atoms with van der Waals surface area (Å²) in [5.74, 6) is 1.28. The summed E-state index contributed by atoms with van der Waals surface area (Å²) in [7, 11) is 0. The number of aromatic nitrogens is 4. The van der Waals surface area contributed by atoms with Gasteiger partial charge < -0.3 is 9.42 Å². The summed E-state index contributed by atoms with van der Waals surface area (Å²) in [5, 5.41) is 11.9. The van der Waals surface area contributed by atoms with E-state index in [0.717, 1.165) is 59.7 Å². The molecule has 0 aromatic carbocycles. The summed E-state index contributed by atoms with van der Waals surface area (Å²) in [6, 6.07) is 4.10. The number of nitrogens with one attached hydrogen (secondary N) is 1. The Morgan fingerprint density at radius 2 is 2.27 bits per heavy atom. The van der Waals surface area contributed by atoms with Crippen molar-refractivity contribution in [3.05, 3.63) is 41.0 Å². The van der Waals surface area contributed by atoms with Crippen LogP contribution in [0.25, 0.3) is 11.0 Å². The first-order chi connectivity index (χ1) is 12.6. The zero-order valence-corrected chi connectivity index (χ0v) is 15.2. The average Bonchev–Trinajstić information content (AvgIpc) is 3.26. The second-order valence-corrected chi connectivity index (χ2v) is 7.03. The van der Waals surface area contributed by atoms with E-state index in [4.69, 9.17) is 4.52 Å². The second-order valence-electron chi connectivity index (χ2n) is 7.03. The molecule has 4 rings (SSSR count). The van der Waals surface area contributed by atoms with Gasteiger partial charge in [0.05, 0.1) is 11.9 Å². The van der Waals surface area contributed by atoms with Crippen LogP contribution in [0, 0.1) is 13.8 Å². The lowest BCUT2D eigenvalue weighted by atomic mass is 9.93. The second kappa shape index (κ2) is 6.90. The van der Waals surface area contributed by atoms with Crippen LogP contribution < -0.4 is 0 Å². The fourth-order valence-corrected chi connectivity index (χ4v) is 3.76. The number of aromatic amines is 1. The Balaban J connectivity index is 1.41. The zero-order chi connectivity index (χ0) is 18.1. The number of likely N-dealkylation sites (tertiary alicyclic amines) is 1. The van der Waals surface area contributed by atoms with Gasteiger partial charge in [-0.15, -0.1) is 0 Å². The monoisotopic (exact) mass is 353 g/mol. The molecule has 1 N–H and O–H groups in total. The molecule has 7 nitrogen and oxygen atoms in total. The predicted molar refractivity (Wildman–Crippen MR) is 96.7 cm³/mol. The summed E-state index contributed by atoms with van der Waals surface area (Å²) < 4.78 is 5.19. The van der Waals surface area contributed by atoms with Crippen molar-refractivity contribution >= 4 is 16.9 Å². The molecule has 1 atom stereocenters. The molecule has 1 amide bonds. The Morgan fingerprint density at radius 1 is 1.38 bits per heavy atom. The van der Waals surface area contributed by atoms with Crippen molar-refractivity contribution in [2.24, 2.45) is 0 Å². The molecule has 0 radical (unpaired) electrons. The van der Waals surface area contributed by atoms with E-state index in [0.29, 0.717) is 12.8 Å². The van der Waals surface area contributed by atoms with E-state index < -0.39 is 0 Å². The highest BCUT2D eigenvalue weighted by atomic mass is 16.5. The Labute approximate surface area is 151 Å². The van der Waals surface area contributed by atoms with Gasteiger partial charge >= 0.3 is 0 Å². The molecule has 3 aromatic heterocycles. The minimum Gasteiger partial charge on any atom is -0.361 e. The van der Waals surface area contributed by atoms with Crippen LogP contribution in [-0.2, 0) is 11.2 Å². The number of H-pyrrole nitrogens is 1. The average molecular weight is 353 g/mol. The molecular weight excluding hydrogens is 330 g/mol. The van der Waals surface area contributed by atoms with E-state index in [1.165, 1.54) is 0 Å². The smallest absolute Gasteiger partial charge is 0.222 e. The highest BCUT2D eigenvalue weighted by Gasteiger charge is 2.26. The number of piperidine rings is 1. The van der Waals surface area contributed by atoms with Crippen molar-refractivity contribution in [1.82, 2.24) is 25.2 Å². The molecule has 7 heteroatoms. The van der Waals surface area contributed by atoms with E-state index in [-0.39, 0.29) is 11.8 Å². The summed E-state index contributed by atoms with van der Waals surface area (Å²) in [4.78, 5) is 19.4. The fourth-order valence-electron chi connectivity index (χ4n) is 3.76. The highest BCUT2D eigenvalue weighted by molar-refractivity contribution is 5.77. The number of rotatable bonds is 4. The molecule has 0 bridgehead atoms. The van der Waals surface area contributed by atoms with Crippen LogP contribution >= 0.6 is 0 Å². The number of carbonyl (C=O) groups excluding carboxylic acids is 1. The molecule has 1 saturated heterocycles. The lowest BCUT2D eigenvalue weighted by Crippen LogP contribution is -2.39. The quantitative estimate of drug-likeness (QED) is 0.779. The number of carbonyl (C=O) groups is 1. The highest BCUT2D eigenvalue weighted by Crippen LogP contribution is 2.27. The zero-order valence-electron chi connectivity index (χ0n) is 15.2. The largest absolute Gasteiger partial charge is 0.361 e. The maximum Gasteiger partial charge on any atom is 0.222 e. The van der Waals surface area contributed by atoms with Gasteiger partial charge in [0.2, 0.25) is 5.91 Å². The molecule has 3 aromatic rings. The summed E-state index contributed by atoms with van der Waals surface area (Å²) in [6.07, 6.45) is 5.00. The Bertz CT molecular complexity index is 910.